The molecule has 0 heterocycles. The second-order valence-corrected chi connectivity index (χ2v) is 10.4. The van der Waals surface area contributed by atoms with Gasteiger partial charge in [0.15, 0.2) is 0 Å². The van der Waals surface area contributed by atoms with E-state index >= 15 is 0 Å². The first-order valence-corrected chi connectivity index (χ1v) is 14.0. The smallest absolute Gasteiger partial charge is 0.326 e. The van der Waals surface area contributed by atoms with Gasteiger partial charge in [-0.15, -0.1) is 0 Å². The molecule has 3 amide bonds. The monoisotopic (exact) mass is 538 g/mol. The molecule has 0 aliphatic rings. The minimum Gasteiger partial charge on any atom is -0.508 e. The van der Waals surface area contributed by atoms with Crippen LogP contribution in [0.3, 0.4) is 0 Å². The molecule has 0 fully saturated rings. The molecule has 11 heteroatoms. The number of carbonyl (C=O) groups is 4. The number of phenolic OH excluding ortho intramolecular Hbond substituents is 1. The first-order valence-electron chi connectivity index (χ1n) is 12.6. The number of aromatic hydroxyl groups is 1. The Morgan fingerprint density at radius 2 is 1.43 bits per heavy atom. The molecule has 0 aliphatic carbocycles. The fraction of sp³-hybridized carbons (Fsp3) is 0.615. The van der Waals surface area contributed by atoms with Crippen molar-refractivity contribution in [1.29, 1.82) is 0 Å². The van der Waals surface area contributed by atoms with Gasteiger partial charge in [-0.1, -0.05) is 52.7 Å². The Hall–Kier alpha value is -2.79. The number of phenols is 1. The number of hydrogen-bond acceptors (Lipinski definition) is 7. The number of carboxylic acid groups (broad SMARTS) is 1. The van der Waals surface area contributed by atoms with E-state index in [-0.39, 0.29) is 24.0 Å². The van der Waals surface area contributed by atoms with Crippen LogP contribution in [-0.4, -0.2) is 70.1 Å². The van der Waals surface area contributed by atoms with Crippen LogP contribution >= 0.6 is 11.8 Å². The normalized spacial score (nSPS) is 15.9. The van der Waals surface area contributed by atoms with Crippen LogP contribution < -0.4 is 21.7 Å². The van der Waals surface area contributed by atoms with Crippen LogP contribution in [0, 0.1) is 11.8 Å². The Morgan fingerprint density at radius 1 is 0.892 bits per heavy atom. The van der Waals surface area contributed by atoms with Crippen LogP contribution in [0.15, 0.2) is 24.3 Å². The number of nitrogens with two attached hydrogens (primary N) is 1. The van der Waals surface area contributed by atoms with Gasteiger partial charge in [0.25, 0.3) is 0 Å². The molecule has 208 valence electrons. The van der Waals surface area contributed by atoms with E-state index in [4.69, 9.17) is 5.73 Å². The number of benzene rings is 1. The van der Waals surface area contributed by atoms with Gasteiger partial charge >= 0.3 is 5.97 Å². The van der Waals surface area contributed by atoms with Crippen molar-refractivity contribution in [2.45, 2.75) is 77.5 Å². The van der Waals surface area contributed by atoms with Gasteiger partial charge in [-0.05, 0) is 48.0 Å². The zero-order valence-corrected chi connectivity index (χ0v) is 23.1. The van der Waals surface area contributed by atoms with Gasteiger partial charge in [0, 0.05) is 6.42 Å². The van der Waals surface area contributed by atoms with Crippen molar-refractivity contribution in [3.05, 3.63) is 29.8 Å². The van der Waals surface area contributed by atoms with E-state index in [0.29, 0.717) is 30.6 Å². The van der Waals surface area contributed by atoms with Gasteiger partial charge in [-0.2, -0.15) is 11.8 Å². The summed E-state index contributed by atoms with van der Waals surface area (Å²) in [6.45, 7) is 7.25. The third kappa shape index (κ3) is 10.6. The number of carboxylic acids is 1. The molecule has 6 atom stereocenters. The summed E-state index contributed by atoms with van der Waals surface area (Å²) in [6, 6.07) is 2.21. The van der Waals surface area contributed by atoms with Gasteiger partial charge in [-0.25, -0.2) is 4.79 Å². The summed E-state index contributed by atoms with van der Waals surface area (Å²) in [4.78, 5) is 51.1. The minimum absolute atomic E-state index is 0.0499. The average Bonchev–Trinajstić information content (AvgIpc) is 2.88. The van der Waals surface area contributed by atoms with Crippen LogP contribution in [0.2, 0.25) is 0 Å². The first-order chi connectivity index (χ1) is 17.4. The lowest BCUT2D eigenvalue weighted by Crippen LogP contribution is -2.59. The zero-order chi connectivity index (χ0) is 28.1. The molecule has 0 saturated carbocycles. The van der Waals surface area contributed by atoms with Crippen molar-refractivity contribution in [1.82, 2.24) is 16.0 Å². The average molecular weight is 539 g/mol. The molecule has 10 nitrogen and oxygen atoms in total. The molecule has 7 N–H and O–H groups in total. The van der Waals surface area contributed by atoms with E-state index in [1.165, 1.54) is 12.1 Å². The summed E-state index contributed by atoms with van der Waals surface area (Å²) >= 11 is 1.57. The van der Waals surface area contributed by atoms with Crippen LogP contribution in [-0.2, 0) is 25.6 Å². The standard InChI is InChI=1S/C26H42N4O6S/c1-6-15(3)21(29-23(32)19(27)12-13-37-5)25(34)28-20(14-17-8-10-18(31)11-9-17)24(33)30-22(26(35)36)16(4)7-2/h8-11,15-16,19-22,31H,6-7,12-14,27H2,1-5H3,(H,28,34)(H,29,32)(H,30,33)(H,35,36). The Labute approximate surface area is 223 Å². The van der Waals surface area contributed by atoms with E-state index in [1.807, 2.05) is 27.0 Å². The predicted molar refractivity (Wildman–Crippen MR) is 145 cm³/mol. The Kier molecular flexibility index (Phi) is 14.1. The van der Waals surface area contributed by atoms with Crippen molar-refractivity contribution < 1.29 is 29.4 Å². The fourth-order valence-electron chi connectivity index (χ4n) is 3.61. The Balaban J connectivity index is 3.18. The van der Waals surface area contributed by atoms with Gasteiger partial charge in [0.1, 0.15) is 23.9 Å². The van der Waals surface area contributed by atoms with Crippen LogP contribution in [0.1, 0.15) is 52.5 Å². The maximum Gasteiger partial charge on any atom is 0.326 e. The van der Waals surface area contributed by atoms with Gasteiger partial charge in [0.05, 0.1) is 6.04 Å². The molecule has 37 heavy (non-hydrogen) atoms. The lowest BCUT2D eigenvalue weighted by atomic mass is 9.96. The number of carbonyl (C=O) groups excluding carboxylic acids is 3. The largest absolute Gasteiger partial charge is 0.508 e. The molecule has 1 aromatic rings. The second kappa shape index (κ2) is 16.1. The molecule has 0 spiro atoms. The summed E-state index contributed by atoms with van der Waals surface area (Å²) in [7, 11) is 0. The summed E-state index contributed by atoms with van der Waals surface area (Å²) in [6.07, 6.45) is 3.54. The molecule has 0 saturated heterocycles. The molecule has 6 unspecified atom stereocenters. The summed E-state index contributed by atoms with van der Waals surface area (Å²) < 4.78 is 0. The first kappa shape index (κ1) is 32.2. The van der Waals surface area contributed by atoms with E-state index in [1.54, 1.807) is 30.8 Å². The molecular formula is C26H42N4O6S. The number of nitrogens with one attached hydrogen (secondary N) is 3. The SMILES string of the molecule is CCC(C)C(NC(=O)C(Cc1ccc(O)cc1)NC(=O)C(NC(=O)C(N)CCSC)C(C)CC)C(=O)O. The zero-order valence-electron chi connectivity index (χ0n) is 22.3. The minimum atomic E-state index is -1.17. The number of amides is 3. The highest BCUT2D eigenvalue weighted by molar-refractivity contribution is 7.98. The van der Waals surface area contributed by atoms with E-state index in [2.05, 4.69) is 16.0 Å². The topological polar surface area (TPSA) is 171 Å². The molecule has 0 bridgehead atoms. The van der Waals surface area contributed by atoms with Crippen molar-refractivity contribution >= 4 is 35.5 Å². The van der Waals surface area contributed by atoms with Crippen molar-refractivity contribution in [3.63, 3.8) is 0 Å². The molecule has 0 radical (unpaired) electrons. The highest BCUT2D eigenvalue weighted by atomic mass is 32.2. The molecule has 0 aliphatic heterocycles. The van der Waals surface area contributed by atoms with Crippen LogP contribution in [0.5, 0.6) is 5.75 Å². The Bertz CT molecular complexity index is 898. The number of aliphatic carboxylic acids is 1. The second-order valence-electron chi connectivity index (χ2n) is 9.40. The van der Waals surface area contributed by atoms with Crippen LogP contribution in [0.4, 0.5) is 0 Å². The number of rotatable bonds is 16. The molecular weight excluding hydrogens is 496 g/mol. The van der Waals surface area contributed by atoms with Gasteiger partial charge in [-0.3, -0.25) is 14.4 Å². The lowest BCUT2D eigenvalue weighted by molar-refractivity contribution is -0.143. The number of thioether (sulfide) groups is 1. The highest BCUT2D eigenvalue weighted by Crippen LogP contribution is 2.14. The lowest BCUT2D eigenvalue weighted by Gasteiger charge is -2.28. The summed E-state index contributed by atoms with van der Waals surface area (Å²) in [5.41, 5.74) is 6.63. The van der Waals surface area contributed by atoms with Gasteiger partial charge < -0.3 is 31.9 Å². The van der Waals surface area contributed by atoms with Crippen molar-refractivity contribution in [2.75, 3.05) is 12.0 Å². The number of hydrogen-bond donors (Lipinski definition) is 6. The van der Waals surface area contributed by atoms with E-state index in [9.17, 15) is 29.4 Å². The van der Waals surface area contributed by atoms with Gasteiger partial charge in [0.2, 0.25) is 17.7 Å². The van der Waals surface area contributed by atoms with E-state index < -0.39 is 47.9 Å². The maximum atomic E-state index is 13.4. The summed E-state index contributed by atoms with van der Waals surface area (Å²) in [5.74, 6) is -2.66. The third-order valence-corrected chi connectivity index (χ3v) is 7.19. The quantitative estimate of drug-likeness (QED) is 0.184. The predicted octanol–water partition coefficient (Wildman–Crippen LogP) is 1.65. The molecule has 1 rings (SSSR count). The third-order valence-electron chi connectivity index (χ3n) is 6.55. The Morgan fingerprint density at radius 3 is 1.95 bits per heavy atom. The summed E-state index contributed by atoms with van der Waals surface area (Å²) in [5, 5.41) is 27.2. The molecule has 1 aromatic carbocycles. The van der Waals surface area contributed by atoms with Crippen molar-refractivity contribution in [2.24, 2.45) is 17.6 Å². The molecule has 0 aromatic heterocycles. The van der Waals surface area contributed by atoms with E-state index in [0.717, 1.165) is 0 Å². The van der Waals surface area contributed by atoms with Crippen LogP contribution in [0.25, 0.3) is 0 Å². The highest BCUT2D eigenvalue weighted by Gasteiger charge is 2.33. The van der Waals surface area contributed by atoms with Crippen molar-refractivity contribution in [3.8, 4) is 5.75 Å². The maximum absolute atomic E-state index is 13.4. The fourth-order valence-corrected chi connectivity index (χ4v) is 4.10.